The molecule has 1 aliphatic heterocycles. The molecule has 0 unspecified atom stereocenters. The molecule has 0 amide bonds. The molecule has 1 saturated heterocycles. The van der Waals surface area contributed by atoms with Crippen molar-refractivity contribution in [3.8, 4) is 0 Å². The first-order valence-corrected chi connectivity index (χ1v) is 12.7. The van der Waals surface area contributed by atoms with Gasteiger partial charge in [0.1, 0.15) is 5.82 Å². The zero-order chi connectivity index (χ0) is 22.0. The molecule has 1 aromatic heterocycles. The van der Waals surface area contributed by atoms with Crippen molar-refractivity contribution in [1.29, 1.82) is 0 Å². The van der Waals surface area contributed by atoms with Crippen LogP contribution >= 0.6 is 0 Å². The number of piperidine rings is 1. The van der Waals surface area contributed by atoms with Gasteiger partial charge in [-0.15, -0.1) is 0 Å². The summed E-state index contributed by atoms with van der Waals surface area (Å²) in [4.78, 5) is 13.0. The van der Waals surface area contributed by atoms with Crippen LogP contribution in [0.3, 0.4) is 0 Å². The average molecular weight is 449 g/mol. The van der Waals surface area contributed by atoms with Gasteiger partial charge in [0.2, 0.25) is 10.0 Å². The third-order valence-electron chi connectivity index (χ3n) is 6.55. The maximum Gasteiger partial charge on any atom is 0.345 e. The molecule has 0 radical (unpaired) electrons. The third kappa shape index (κ3) is 4.36. The monoisotopic (exact) mass is 448 g/mol. The number of sulfonamides is 1. The normalized spacial score (nSPS) is 18.3. The van der Waals surface area contributed by atoms with Crippen molar-refractivity contribution < 1.29 is 13.2 Å². The molecular weight excluding hydrogens is 416 g/mol. The topological polar surface area (TPSA) is 86.4 Å². The summed E-state index contributed by atoms with van der Waals surface area (Å²) in [6.07, 6.45) is 5.61. The van der Waals surface area contributed by atoms with Crippen LogP contribution in [-0.4, -0.2) is 53.9 Å². The quantitative estimate of drug-likeness (QED) is 0.648. The van der Waals surface area contributed by atoms with Crippen molar-refractivity contribution in [1.82, 2.24) is 18.7 Å². The fourth-order valence-corrected chi connectivity index (χ4v) is 6.28. The summed E-state index contributed by atoms with van der Waals surface area (Å²) in [5, 5.41) is 4.55. The van der Waals surface area contributed by atoms with Gasteiger partial charge in [0, 0.05) is 32.7 Å². The van der Waals surface area contributed by atoms with Crippen molar-refractivity contribution in [2.45, 2.75) is 69.4 Å². The van der Waals surface area contributed by atoms with Crippen LogP contribution in [0.4, 0.5) is 0 Å². The second kappa shape index (κ2) is 9.26. The van der Waals surface area contributed by atoms with Crippen LogP contribution < -0.4 is 5.69 Å². The van der Waals surface area contributed by atoms with Gasteiger partial charge in [-0.1, -0.05) is 6.07 Å². The summed E-state index contributed by atoms with van der Waals surface area (Å²) in [7, 11) is -1.91. The Morgan fingerprint density at radius 2 is 1.84 bits per heavy atom. The number of fused-ring (bicyclic) bond motifs is 1. The zero-order valence-corrected chi connectivity index (χ0v) is 19.2. The van der Waals surface area contributed by atoms with Crippen LogP contribution in [0.2, 0.25) is 0 Å². The predicted molar refractivity (Wildman–Crippen MR) is 118 cm³/mol. The lowest BCUT2D eigenvalue weighted by Gasteiger charge is -2.31. The lowest BCUT2D eigenvalue weighted by Crippen LogP contribution is -2.38. The van der Waals surface area contributed by atoms with E-state index in [9.17, 15) is 13.2 Å². The van der Waals surface area contributed by atoms with E-state index >= 15 is 0 Å². The summed E-state index contributed by atoms with van der Waals surface area (Å²) in [5.41, 5.74) is 2.33. The molecule has 0 atom stereocenters. The molecule has 0 bridgehead atoms. The van der Waals surface area contributed by atoms with Gasteiger partial charge in [-0.05, 0) is 68.7 Å². The van der Waals surface area contributed by atoms with Gasteiger partial charge in [-0.25, -0.2) is 17.9 Å². The molecule has 1 aromatic carbocycles. The second-order valence-corrected chi connectivity index (χ2v) is 10.4. The Balaban J connectivity index is 1.49. The largest absolute Gasteiger partial charge is 0.383 e. The average Bonchev–Trinajstić information content (AvgIpc) is 3.12. The predicted octanol–water partition coefficient (Wildman–Crippen LogP) is 2.16. The summed E-state index contributed by atoms with van der Waals surface area (Å²) >= 11 is 0. The van der Waals surface area contributed by atoms with Crippen molar-refractivity contribution in [2.75, 3.05) is 26.8 Å². The van der Waals surface area contributed by atoms with E-state index in [0.717, 1.165) is 25.1 Å². The highest BCUT2D eigenvalue weighted by atomic mass is 32.2. The molecule has 2 aromatic rings. The summed E-state index contributed by atoms with van der Waals surface area (Å²) in [6, 6.07) is 5.63. The van der Waals surface area contributed by atoms with E-state index in [0.29, 0.717) is 50.5 Å². The number of aromatic nitrogens is 3. The zero-order valence-electron chi connectivity index (χ0n) is 18.4. The Kier molecular flexibility index (Phi) is 6.64. The van der Waals surface area contributed by atoms with Gasteiger partial charge in [-0.3, -0.25) is 4.57 Å². The molecule has 2 heterocycles. The summed E-state index contributed by atoms with van der Waals surface area (Å²) in [5.74, 6) is 0.834. The number of hydrogen-bond acceptors (Lipinski definition) is 5. The molecule has 31 heavy (non-hydrogen) atoms. The van der Waals surface area contributed by atoms with Gasteiger partial charge in [-0.2, -0.15) is 9.40 Å². The Morgan fingerprint density at radius 3 is 2.52 bits per heavy atom. The summed E-state index contributed by atoms with van der Waals surface area (Å²) in [6.45, 7) is 4.20. The van der Waals surface area contributed by atoms with Crippen molar-refractivity contribution in [2.24, 2.45) is 0 Å². The number of aryl methyl sites for hydroxylation is 2. The first kappa shape index (κ1) is 22.2. The van der Waals surface area contributed by atoms with Crippen LogP contribution in [0, 0.1) is 0 Å². The second-order valence-electron chi connectivity index (χ2n) is 8.42. The van der Waals surface area contributed by atoms with E-state index < -0.39 is 10.0 Å². The SMILES string of the molecule is CCn1c(C2CCN(S(=O)(=O)c3ccc4c(c3)CCCC4)CC2)nn(CCOC)c1=O. The minimum Gasteiger partial charge on any atom is -0.383 e. The molecule has 0 saturated carbocycles. The van der Waals surface area contributed by atoms with Gasteiger partial charge < -0.3 is 4.74 Å². The lowest BCUT2D eigenvalue weighted by atomic mass is 9.92. The fraction of sp³-hybridized carbons (Fsp3) is 0.636. The highest BCUT2D eigenvalue weighted by Gasteiger charge is 2.33. The number of ether oxygens (including phenoxy) is 1. The van der Waals surface area contributed by atoms with E-state index in [4.69, 9.17) is 4.74 Å². The molecule has 170 valence electrons. The number of nitrogens with zero attached hydrogens (tertiary/aromatic N) is 4. The molecule has 1 aliphatic carbocycles. The first-order valence-electron chi connectivity index (χ1n) is 11.2. The Hall–Kier alpha value is -1.97. The summed E-state index contributed by atoms with van der Waals surface area (Å²) < 4.78 is 36.3. The number of rotatable bonds is 7. The Bertz CT molecular complexity index is 1080. The fourth-order valence-electron chi connectivity index (χ4n) is 4.75. The van der Waals surface area contributed by atoms with Crippen LogP contribution in [0.25, 0.3) is 0 Å². The van der Waals surface area contributed by atoms with Crippen LogP contribution in [-0.2, 0) is 40.7 Å². The molecular formula is C22H32N4O4S. The first-order chi connectivity index (χ1) is 15.0. The Labute approximate surface area is 183 Å². The van der Waals surface area contributed by atoms with Crippen molar-refractivity contribution in [3.05, 3.63) is 45.6 Å². The van der Waals surface area contributed by atoms with Crippen LogP contribution in [0.15, 0.2) is 27.9 Å². The molecule has 4 rings (SSSR count). The smallest absolute Gasteiger partial charge is 0.345 e. The van der Waals surface area contributed by atoms with E-state index in [1.165, 1.54) is 22.2 Å². The highest BCUT2D eigenvalue weighted by molar-refractivity contribution is 7.89. The molecule has 8 nitrogen and oxygen atoms in total. The van der Waals surface area contributed by atoms with Crippen LogP contribution in [0.1, 0.15) is 55.5 Å². The maximum absolute atomic E-state index is 13.3. The van der Waals surface area contributed by atoms with E-state index in [-0.39, 0.29) is 11.6 Å². The number of methoxy groups -OCH3 is 1. The minimum atomic E-state index is -3.51. The maximum atomic E-state index is 13.3. The van der Waals surface area contributed by atoms with Gasteiger partial charge in [0.15, 0.2) is 0 Å². The van der Waals surface area contributed by atoms with Gasteiger partial charge in [0.25, 0.3) is 0 Å². The molecule has 1 fully saturated rings. The third-order valence-corrected chi connectivity index (χ3v) is 8.45. The van der Waals surface area contributed by atoms with E-state index in [2.05, 4.69) is 5.10 Å². The number of hydrogen-bond donors (Lipinski definition) is 0. The van der Waals surface area contributed by atoms with E-state index in [1.54, 1.807) is 22.0 Å². The van der Waals surface area contributed by atoms with Crippen molar-refractivity contribution in [3.63, 3.8) is 0 Å². The minimum absolute atomic E-state index is 0.0754. The molecule has 9 heteroatoms. The van der Waals surface area contributed by atoms with Gasteiger partial charge >= 0.3 is 5.69 Å². The number of benzene rings is 1. The molecule has 2 aliphatic rings. The highest BCUT2D eigenvalue weighted by Crippen LogP contribution is 2.31. The lowest BCUT2D eigenvalue weighted by molar-refractivity contribution is 0.182. The Morgan fingerprint density at radius 1 is 1.13 bits per heavy atom. The standard InChI is InChI=1S/C22H32N4O4S/c1-3-25-21(23-26(22(25)27)14-15-30-2)18-10-12-24(13-11-18)31(28,29)20-9-8-17-6-4-5-7-19(17)16-20/h8-9,16,18H,3-7,10-15H2,1-2H3. The molecule has 0 N–H and O–H groups in total. The van der Waals surface area contributed by atoms with Gasteiger partial charge in [0.05, 0.1) is 18.0 Å². The van der Waals surface area contributed by atoms with Crippen molar-refractivity contribution >= 4 is 10.0 Å². The van der Waals surface area contributed by atoms with E-state index in [1.807, 2.05) is 19.1 Å². The van der Waals surface area contributed by atoms with Crippen LogP contribution in [0.5, 0.6) is 0 Å². The molecule has 0 spiro atoms.